The fraction of sp³-hybridized carbons (Fsp3) is 0.0769. The van der Waals surface area contributed by atoms with Gasteiger partial charge >= 0.3 is 0 Å². The number of hydrogen-bond acceptors (Lipinski definition) is 4. The molecule has 0 spiro atoms. The maximum atomic E-state index is 13.7. The van der Waals surface area contributed by atoms with Gasteiger partial charge in [0.15, 0.2) is 0 Å². The Hall–Kier alpha value is -2.63. The number of rotatable bonds is 3. The molecule has 0 saturated heterocycles. The third-order valence-electron chi connectivity index (χ3n) is 2.64. The van der Waals surface area contributed by atoms with Crippen LogP contribution in [0.15, 0.2) is 36.4 Å². The van der Waals surface area contributed by atoms with Crippen molar-refractivity contribution in [2.45, 2.75) is 6.92 Å². The summed E-state index contributed by atoms with van der Waals surface area (Å²) in [6, 6.07) is 8.72. The van der Waals surface area contributed by atoms with Gasteiger partial charge in [0.25, 0.3) is 5.69 Å². The van der Waals surface area contributed by atoms with Gasteiger partial charge in [-0.3, -0.25) is 10.1 Å². The zero-order valence-corrected chi connectivity index (χ0v) is 10.2. The number of halogens is 1. The molecule has 98 valence electrons. The lowest BCUT2D eigenvalue weighted by Crippen LogP contribution is -1.99. The van der Waals surface area contributed by atoms with Gasteiger partial charge in [-0.15, -0.1) is 0 Å². The van der Waals surface area contributed by atoms with E-state index in [1.165, 1.54) is 24.3 Å². The molecule has 0 aliphatic carbocycles. The van der Waals surface area contributed by atoms with Gasteiger partial charge in [-0.1, -0.05) is 12.1 Å². The summed E-state index contributed by atoms with van der Waals surface area (Å²) in [4.78, 5) is 10.2. The molecule has 0 heterocycles. The molecular weight excluding hydrogens is 249 g/mol. The van der Waals surface area contributed by atoms with Crippen molar-refractivity contribution < 1.29 is 9.31 Å². The third-order valence-corrected chi connectivity index (χ3v) is 2.64. The first-order chi connectivity index (χ1) is 8.97. The van der Waals surface area contributed by atoms with Crippen LogP contribution in [0.2, 0.25) is 0 Å². The fourth-order valence-corrected chi connectivity index (χ4v) is 1.75. The van der Waals surface area contributed by atoms with Crippen LogP contribution in [-0.2, 0) is 0 Å². The highest BCUT2D eigenvalue weighted by molar-refractivity contribution is 5.69. The predicted molar refractivity (Wildman–Crippen MR) is 71.9 cm³/mol. The van der Waals surface area contributed by atoms with Crippen LogP contribution in [0, 0.1) is 22.9 Å². The number of anilines is 3. The van der Waals surface area contributed by atoms with Gasteiger partial charge in [-0.2, -0.15) is 0 Å². The summed E-state index contributed by atoms with van der Waals surface area (Å²) in [5.41, 5.74) is 7.04. The standard InChI is InChI=1S/C13H12FN3O2/c1-8-3-2-4-12(14)13(8)16-10-5-9(15)6-11(7-10)17(18)19/h2-7,16H,15H2,1H3. The van der Waals surface area contributed by atoms with Crippen LogP contribution in [0.25, 0.3) is 0 Å². The Bertz CT molecular complexity index is 624. The topological polar surface area (TPSA) is 81.2 Å². The molecule has 0 fully saturated rings. The van der Waals surface area contributed by atoms with E-state index in [0.29, 0.717) is 11.3 Å². The Morgan fingerprint density at radius 3 is 2.68 bits per heavy atom. The van der Waals surface area contributed by atoms with Gasteiger partial charge in [0, 0.05) is 23.5 Å². The summed E-state index contributed by atoms with van der Waals surface area (Å²) >= 11 is 0. The van der Waals surface area contributed by atoms with Crippen LogP contribution in [0.1, 0.15) is 5.56 Å². The van der Waals surface area contributed by atoms with Crippen molar-refractivity contribution in [1.29, 1.82) is 0 Å². The lowest BCUT2D eigenvalue weighted by Gasteiger charge is -2.11. The number of aryl methyl sites for hydroxylation is 1. The fourth-order valence-electron chi connectivity index (χ4n) is 1.75. The highest BCUT2D eigenvalue weighted by Crippen LogP contribution is 2.28. The summed E-state index contributed by atoms with van der Waals surface area (Å²) in [6.07, 6.45) is 0. The molecule has 5 nitrogen and oxygen atoms in total. The van der Waals surface area contributed by atoms with E-state index in [0.717, 1.165) is 0 Å². The molecule has 19 heavy (non-hydrogen) atoms. The largest absolute Gasteiger partial charge is 0.398 e. The average Bonchev–Trinajstić information content (AvgIpc) is 2.33. The number of nitrogens with zero attached hydrogens (tertiary/aromatic N) is 1. The van der Waals surface area contributed by atoms with Crippen molar-refractivity contribution in [3.63, 3.8) is 0 Å². The van der Waals surface area contributed by atoms with Crippen LogP contribution in [0.5, 0.6) is 0 Å². The molecule has 0 radical (unpaired) electrons. The van der Waals surface area contributed by atoms with Gasteiger partial charge in [-0.05, 0) is 24.6 Å². The highest BCUT2D eigenvalue weighted by Gasteiger charge is 2.11. The zero-order valence-electron chi connectivity index (χ0n) is 10.2. The van der Waals surface area contributed by atoms with E-state index in [4.69, 9.17) is 5.73 Å². The number of para-hydroxylation sites is 1. The van der Waals surface area contributed by atoms with Crippen molar-refractivity contribution in [2.24, 2.45) is 0 Å². The number of benzene rings is 2. The van der Waals surface area contributed by atoms with Crippen LogP contribution in [-0.4, -0.2) is 4.92 Å². The molecule has 2 aromatic carbocycles. The molecule has 0 saturated carbocycles. The molecule has 3 N–H and O–H groups in total. The number of nitro benzene ring substituents is 1. The molecule has 0 amide bonds. The van der Waals surface area contributed by atoms with Crippen molar-refractivity contribution in [3.05, 3.63) is 57.9 Å². The van der Waals surface area contributed by atoms with Crippen molar-refractivity contribution in [2.75, 3.05) is 11.1 Å². The van der Waals surface area contributed by atoms with E-state index < -0.39 is 10.7 Å². The highest BCUT2D eigenvalue weighted by atomic mass is 19.1. The van der Waals surface area contributed by atoms with Gasteiger partial charge in [-0.25, -0.2) is 4.39 Å². The Morgan fingerprint density at radius 2 is 2.05 bits per heavy atom. The quantitative estimate of drug-likeness (QED) is 0.504. The number of nitrogens with two attached hydrogens (primary N) is 1. The molecule has 0 atom stereocenters. The van der Waals surface area contributed by atoms with E-state index in [9.17, 15) is 14.5 Å². The minimum atomic E-state index is -0.546. The smallest absolute Gasteiger partial charge is 0.273 e. The molecular formula is C13H12FN3O2. The molecule has 2 aromatic rings. The summed E-state index contributed by atoms with van der Waals surface area (Å²) in [6.45, 7) is 1.74. The van der Waals surface area contributed by atoms with Crippen LogP contribution in [0.3, 0.4) is 0 Å². The number of hydrogen-bond donors (Lipinski definition) is 2. The maximum Gasteiger partial charge on any atom is 0.273 e. The van der Waals surface area contributed by atoms with Crippen molar-refractivity contribution >= 4 is 22.7 Å². The predicted octanol–water partition coefficient (Wildman–Crippen LogP) is 3.37. The Balaban J connectivity index is 2.41. The molecule has 6 heteroatoms. The minimum Gasteiger partial charge on any atom is -0.398 e. The number of nitrogens with one attached hydrogen (secondary N) is 1. The van der Waals surface area contributed by atoms with Gasteiger partial charge in [0.05, 0.1) is 10.6 Å². The molecule has 0 aliphatic heterocycles. The van der Waals surface area contributed by atoms with Gasteiger partial charge < -0.3 is 11.1 Å². The van der Waals surface area contributed by atoms with E-state index in [1.807, 2.05) is 0 Å². The molecule has 2 rings (SSSR count). The minimum absolute atomic E-state index is 0.142. The number of non-ortho nitro benzene ring substituents is 1. The molecule has 0 aromatic heterocycles. The second kappa shape index (κ2) is 4.93. The lowest BCUT2D eigenvalue weighted by atomic mass is 10.1. The van der Waals surface area contributed by atoms with E-state index in [-0.39, 0.29) is 17.1 Å². The Labute approximate surface area is 109 Å². The maximum absolute atomic E-state index is 13.7. The Kier molecular flexibility index (Phi) is 3.33. The van der Waals surface area contributed by atoms with Crippen molar-refractivity contribution in [3.8, 4) is 0 Å². The zero-order chi connectivity index (χ0) is 14.0. The summed E-state index contributed by atoms with van der Waals surface area (Å²) < 4.78 is 13.7. The number of nitrogen functional groups attached to an aromatic ring is 1. The van der Waals surface area contributed by atoms with Gasteiger partial charge in [0.2, 0.25) is 0 Å². The van der Waals surface area contributed by atoms with Crippen LogP contribution in [0.4, 0.5) is 27.1 Å². The lowest BCUT2D eigenvalue weighted by molar-refractivity contribution is -0.384. The first-order valence-electron chi connectivity index (χ1n) is 5.54. The number of nitro groups is 1. The van der Waals surface area contributed by atoms with E-state index >= 15 is 0 Å². The first-order valence-corrected chi connectivity index (χ1v) is 5.54. The SMILES string of the molecule is Cc1cccc(F)c1Nc1cc(N)cc([N+](=O)[O-])c1. The summed E-state index contributed by atoms with van der Waals surface area (Å²) in [7, 11) is 0. The Morgan fingerprint density at radius 1 is 1.32 bits per heavy atom. The average molecular weight is 261 g/mol. The van der Waals surface area contributed by atoms with Crippen LogP contribution < -0.4 is 11.1 Å². The van der Waals surface area contributed by atoms with Crippen LogP contribution >= 0.6 is 0 Å². The monoisotopic (exact) mass is 261 g/mol. The molecule has 0 aliphatic rings. The second-order valence-electron chi connectivity index (χ2n) is 4.13. The third kappa shape index (κ3) is 2.79. The van der Waals surface area contributed by atoms with Crippen molar-refractivity contribution in [1.82, 2.24) is 0 Å². The van der Waals surface area contributed by atoms with E-state index in [2.05, 4.69) is 5.32 Å². The van der Waals surface area contributed by atoms with E-state index in [1.54, 1.807) is 19.1 Å². The second-order valence-corrected chi connectivity index (χ2v) is 4.13. The van der Waals surface area contributed by atoms with Gasteiger partial charge in [0.1, 0.15) is 5.82 Å². The summed E-state index contributed by atoms with van der Waals surface area (Å²) in [5, 5.41) is 13.6. The first kappa shape index (κ1) is 12.8. The molecule has 0 unspecified atom stereocenters. The summed E-state index contributed by atoms with van der Waals surface area (Å²) in [5.74, 6) is -0.426. The normalized spacial score (nSPS) is 10.2. The molecule has 0 bridgehead atoms.